The zero-order valence-electron chi connectivity index (χ0n) is 12.8. The number of nitrogens with one attached hydrogen (secondary N) is 1. The standard InChI is InChI=1S/C16H32N2/c1-16(2)10-8-14(9-11-16)18(4)12-13-6-5-7-15(13)17-3/h13-15,17H,5-12H2,1-4H3. The molecule has 2 nitrogen and oxygen atoms in total. The molecule has 0 heterocycles. The van der Waals surface area contributed by atoms with E-state index in [9.17, 15) is 0 Å². The average molecular weight is 252 g/mol. The van der Waals surface area contributed by atoms with Crippen molar-refractivity contribution in [1.82, 2.24) is 10.2 Å². The fraction of sp³-hybridized carbons (Fsp3) is 1.00. The van der Waals surface area contributed by atoms with E-state index in [2.05, 4.69) is 38.2 Å². The van der Waals surface area contributed by atoms with Crippen LogP contribution in [0.5, 0.6) is 0 Å². The highest BCUT2D eigenvalue weighted by Crippen LogP contribution is 2.37. The lowest BCUT2D eigenvalue weighted by atomic mass is 9.75. The van der Waals surface area contributed by atoms with Crippen molar-refractivity contribution in [3.8, 4) is 0 Å². The van der Waals surface area contributed by atoms with E-state index in [0.29, 0.717) is 5.41 Å². The van der Waals surface area contributed by atoms with Crippen LogP contribution in [-0.4, -0.2) is 37.6 Å². The van der Waals surface area contributed by atoms with Crippen molar-refractivity contribution >= 4 is 0 Å². The highest BCUT2D eigenvalue weighted by molar-refractivity contribution is 4.87. The summed E-state index contributed by atoms with van der Waals surface area (Å²) in [5, 5.41) is 3.51. The molecule has 0 spiro atoms. The molecule has 106 valence electrons. The van der Waals surface area contributed by atoms with Gasteiger partial charge in [-0.25, -0.2) is 0 Å². The van der Waals surface area contributed by atoms with Crippen LogP contribution in [0.15, 0.2) is 0 Å². The van der Waals surface area contributed by atoms with Gasteiger partial charge in [-0.1, -0.05) is 20.3 Å². The van der Waals surface area contributed by atoms with Crippen molar-refractivity contribution in [2.45, 2.75) is 70.9 Å². The lowest BCUT2D eigenvalue weighted by Crippen LogP contribution is -2.42. The first-order valence-corrected chi connectivity index (χ1v) is 7.89. The van der Waals surface area contributed by atoms with Crippen LogP contribution in [-0.2, 0) is 0 Å². The lowest BCUT2D eigenvalue weighted by Gasteiger charge is -2.40. The molecular weight excluding hydrogens is 220 g/mol. The van der Waals surface area contributed by atoms with Crippen molar-refractivity contribution in [3.05, 3.63) is 0 Å². The van der Waals surface area contributed by atoms with Gasteiger partial charge in [0.2, 0.25) is 0 Å². The van der Waals surface area contributed by atoms with Crippen molar-refractivity contribution in [2.24, 2.45) is 11.3 Å². The molecule has 18 heavy (non-hydrogen) atoms. The maximum atomic E-state index is 3.51. The van der Waals surface area contributed by atoms with Crippen LogP contribution in [0.3, 0.4) is 0 Å². The Hall–Kier alpha value is -0.0800. The van der Waals surface area contributed by atoms with Crippen LogP contribution < -0.4 is 5.32 Å². The van der Waals surface area contributed by atoms with Gasteiger partial charge < -0.3 is 10.2 Å². The molecule has 2 atom stereocenters. The molecule has 0 amide bonds. The van der Waals surface area contributed by atoms with Crippen LogP contribution in [0.25, 0.3) is 0 Å². The van der Waals surface area contributed by atoms with Crippen LogP contribution in [0.1, 0.15) is 58.8 Å². The number of hydrogen-bond acceptors (Lipinski definition) is 2. The zero-order chi connectivity index (χ0) is 13.2. The predicted molar refractivity (Wildman–Crippen MR) is 78.9 cm³/mol. The van der Waals surface area contributed by atoms with E-state index >= 15 is 0 Å². The van der Waals surface area contributed by atoms with E-state index in [1.54, 1.807) is 0 Å². The summed E-state index contributed by atoms with van der Waals surface area (Å²) in [6, 6.07) is 1.61. The number of rotatable bonds is 4. The monoisotopic (exact) mass is 252 g/mol. The minimum atomic E-state index is 0.595. The maximum absolute atomic E-state index is 3.51. The van der Waals surface area contributed by atoms with Crippen LogP contribution in [0.2, 0.25) is 0 Å². The Kier molecular flexibility index (Phi) is 4.71. The first kappa shape index (κ1) is 14.3. The van der Waals surface area contributed by atoms with E-state index in [1.165, 1.54) is 51.5 Å². The molecule has 2 unspecified atom stereocenters. The van der Waals surface area contributed by atoms with Crippen molar-refractivity contribution in [1.29, 1.82) is 0 Å². The van der Waals surface area contributed by atoms with Crippen molar-refractivity contribution in [2.75, 3.05) is 20.6 Å². The molecule has 0 radical (unpaired) electrons. The molecule has 0 aliphatic heterocycles. The Morgan fingerprint density at radius 2 is 1.78 bits per heavy atom. The number of nitrogens with zero attached hydrogens (tertiary/aromatic N) is 1. The third-order valence-electron chi connectivity index (χ3n) is 5.48. The van der Waals surface area contributed by atoms with Gasteiger partial charge in [0, 0.05) is 18.6 Å². The quantitative estimate of drug-likeness (QED) is 0.826. The summed E-state index contributed by atoms with van der Waals surface area (Å²) in [5.74, 6) is 0.884. The Bertz CT molecular complexity index is 252. The summed E-state index contributed by atoms with van der Waals surface area (Å²) < 4.78 is 0. The van der Waals surface area contributed by atoms with E-state index in [4.69, 9.17) is 0 Å². The molecule has 2 aliphatic rings. The SMILES string of the molecule is CNC1CCCC1CN(C)C1CCC(C)(C)CC1. The van der Waals surface area contributed by atoms with Crippen LogP contribution >= 0.6 is 0 Å². The normalized spacial score (nSPS) is 33.2. The van der Waals surface area contributed by atoms with Gasteiger partial charge in [-0.3, -0.25) is 0 Å². The fourth-order valence-corrected chi connectivity index (χ4v) is 3.98. The van der Waals surface area contributed by atoms with Crippen molar-refractivity contribution < 1.29 is 0 Å². The molecule has 0 aromatic heterocycles. The Morgan fingerprint density at radius 1 is 1.11 bits per heavy atom. The minimum Gasteiger partial charge on any atom is -0.317 e. The maximum Gasteiger partial charge on any atom is 0.0104 e. The van der Waals surface area contributed by atoms with E-state index in [0.717, 1.165) is 18.0 Å². The minimum absolute atomic E-state index is 0.595. The average Bonchev–Trinajstić information content (AvgIpc) is 2.76. The molecule has 2 saturated carbocycles. The van der Waals surface area contributed by atoms with Gasteiger partial charge in [-0.05, 0) is 64.0 Å². The first-order chi connectivity index (χ1) is 8.52. The smallest absolute Gasteiger partial charge is 0.0104 e. The Labute approximate surface area is 114 Å². The summed E-state index contributed by atoms with van der Waals surface area (Å²) >= 11 is 0. The summed E-state index contributed by atoms with van der Waals surface area (Å²) in [7, 11) is 4.49. The summed E-state index contributed by atoms with van der Waals surface area (Å²) in [6.45, 7) is 6.16. The molecule has 0 bridgehead atoms. The second kappa shape index (κ2) is 5.92. The predicted octanol–water partition coefficient (Wildman–Crippen LogP) is 3.28. The van der Waals surface area contributed by atoms with Crippen molar-refractivity contribution in [3.63, 3.8) is 0 Å². The van der Waals surface area contributed by atoms with Gasteiger partial charge in [-0.15, -0.1) is 0 Å². The van der Waals surface area contributed by atoms with Gasteiger partial charge in [-0.2, -0.15) is 0 Å². The Morgan fingerprint density at radius 3 is 2.39 bits per heavy atom. The zero-order valence-corrected chi connectivity index (χ0v) is 12.8. The fourth-order valence-electron chi connectivity index (χ4n) is 3.98. The summed E-state index contributed by atoms with van der Waals surface area (Å²) in [5.41, 5.74) is 0.595. The van der Waals surface area contributed by atoms with Gasteiger partial charge in [0.25, 0.3) is 0 Å². The van der Waals surface area contributed by atoms with Crippen LogP contribution in [0.4, 0.5) is 0 Å². The summed E-state index contributed by atoms with van der Waals surface area (Å²) in [6.07, 6.45) is 9.84. The molecule has 2 rings (SSSR count). The molecule has 0 aromatic rings. The molecule has 2 fully saturated rings. The third kappa shape index (κ3) is 3.48. The summed E-state index contributed by atoms with van der Waals surface area (Å²) in [4.78, 5) is 2.66. The second-order valence-electron chi connectivity index (χ2n) is 7.42. The first-order valence-electron chi connectivity index (χ1n) is 7.89. The lowest BCUT2D eigenvalue weighted by molar-refractivity contribution is 0.111. The van der Waals surface area contributed by atoms with E-state index in [-0.39, 0.29) is 0 Å². The Balaban J connectivity index is 1.79. The molecule has 2 aliphatic carbocycles. The molecular formula is C16H32N2. The molecule has 1 N–H and O–H groups in total. The third-order valence-corrected chi connectivity index (χ3v) is 5.48. The largest absolute Gasteiger partial charge is 0.317 e. The highest BCUT2D eigenvalue weighted by atomic mass is 15.1. The van der Waals surface area contributed by atoms with E-state index in [1.807, 2.05) is 0 Å². The molecule has 0 aromatic carbocycles. The van der Waals surface area contributed by atoms with Gasteiger partial charge >= 0.3 is 0 Å². The van der Waals surface area contributed by atoms with Gasteiger partial charge in [0.15, 0.2) is 0 Å². The molecule has 2 heteroatoms. The second-order valence-corrected chi connectivity index (χ2v) is 7.42. The highest BCUT2D eigenvalue weighted by Gasteiger charge is 2.32. The van der Waals surface area contributed by atoms with Crippen LogP contribution in [0, 0.1) is 11.3 Å². The van der Waals surface area contributed by atoms with Gasteiger partial charge in [0.05, 0.1) is 0 Å². The van der Waals surface area contributed by atoms with E-state index < -0.39 is 0 Å². The number of hydrogen-bond donors (Lipinski definition) is 1. The van der Waals surface area contributed by atoms with Gasteiger partial charge in [0.1, 0.15) is 0 Å². The molecule has 0 saturated heterocycles. The topological polar surface area (TPSA) is 15.3 Å².